The van der Waals surface area contributed by atoms with Gasteiger partial charge in [-0.05, 0) is 6.92 Å². The van der Waals surface area contributed by atoms with Crippen LogP contribution in [0.1, 0.15) is 33.1 Å². The molecule has 5 nitrogen and oxygen atoms in total. The van der Waals surface area contributed by atoms with E-state index in [1.165, 1.54) is 0 Å². The minimum Gasteiger partial charge on any atom is -0.348 e. The third-order valence-corrected chi connectivity index (χ3v) is 2.60. The zero-order chi connectivity index (χ0) is 10.6. The third-order valence-electron chi connectivity index (χ3n) is 2.60. The topological polar surface area (TPSA) is 61.6 Å². The highest BCUT2D eigenvalue weighted by molar-refractivity contribution is 4.70. The van der Waals surface area contributed by atoms with Gasteiger partial charge in [-0.15, -0.1) is 0 Å². The fraction of sp³-hybridized carbons (Fsp3) is 1.00. The Morgan fingerprint density at radius 2 is 2.07 bits per heavy atom. The number of nitro groups is 1. The summed E-state index contributed by atoms with van der Waals surface area (Å²) < 4.78 is 10.7. The number of hydrogen-bond donors (Lipinski definition) is 0. The lowest BCUT2D eigenvalue weighted by molar-refractivity contribution is -0.524. The van der Waals surface area contributed by atoms with Gasteiger partial charge in [-0.3, -0.25) is 10.1 Å². The molecule has 5 heteroatoms. The molecule has 14 heavy (non-hydrogen) atoms. The summed E-state index contributed by atoms with van der Waals surface area (Å²) >= 11 is 0. The van der Waals surface area contributed by atoms with Crippen LogP contribution in [0.3, 0.4) is 0 Å². The van der Waals surface area contributed by atoms with Gasteiger partial charge in [0, 0.05) is 24.2 Å². The van der Waals surface area contributed by atoms with E-state index in [0.717, 1.165) is 0 Å². The summed E-state index contributed by atoms with van der Waals surface area (Å²) in [5.74, 6) is -0.594. The number of rotatable bonds is 5. The van der Waals surface area contributed by atoms with Crippen LogP contribution < -0.4 is 0 Å². The average Bonchev–Trinajstić information content (AvgIpc) is 2.53. The SMILES string of the molecule is CCC(CCC1(C)OCCO1)[N+](=O)[O-]. The first-order valence-electron chi connectivity index (χ1n) is 4.99. The smallest absolute Gasteiger partial charge is 0.213 e. The van der Waals surface area contributed by atoms with Gasteiger partial charge in [0.05, 0.1) is 13.2 Å². The van der Waals surface area contributed by atoms with Gasteiger partial charge in [0.15, 0.2) is 5.79 Å². The Morgan fingerprint density at radius 1 is 1.50 bits per heavy atom. The molecule has 0 amide bonds. The maximum atomic E-state index is 10.6. The molecule has 0 aromatic carbocycles. The van der Waals surface area contributed by atoms with Crippen molar-refractivity contribution < 1.29 is 14.4 Å². The van der Waals surface area contributed by atoms with E-state index >= 15 is 0 Å². The molecule has 0 N–H and O–H groups in total. The Bertz CT molecular complexity index is 201. The second kappa shape index (κ2) is 4.70. The van der Waals surface area contributed by atoms with Crippen molar-refractivity contribution in [2.24, 2.45) is 0 Å². The summed E-state index contributed by atoms with van der Waals surface area (Å²) in [5, 5.41) is 10.6. The highest BCUT2D eigenvalue weighted by Gasteiger charge is 2.33. The molecule has 1 saturated heterocycles. The van der Waals surface area contributed by atoms with Crippen molar-refractivity contribution in [1.29, 1.82) is 0 Å². The van der Waals surface area contributed by atoms with E-state index in [9.17, 15) is 10.1 Å². The Balaban J connectivity index is 2.34. The van der Waals surface area contributed by atoms with E-state index in [1.54, 1.807) is 0 Å². The second-order valence-electron chi connectivity index (χ2n) is 3.72. The van der Waals surface area contributed by atoms with Crippen molar-refractivity contribution in [1.82, 2.24) is 0 Å². The molecule has 0 aliphatic carbocycles. The van der Waals surface area contributed by atoms with Gasteiger partial charge in [0.2, 0.25) is 6.04 Å². The van der Waals surface area contributed by atoms with E-state index < -0.39 is 11.8 Å². The molecule has 0 saturated carbocycles. The van der Waals surface area contributed by atoms with Crippen LogP contribution in [0.15, 0.2) is 0 Å². The van der Waals surface area contributed by atoms with Crippen molar-refractivity contribution >= 4 is 0 Å². The van der Waals surface area contributed by atoms with Crippen LogP contribution in [0.25, 0.3) is 0 Å². The quantitative estimate of drug-likeness (QED) is 0.502. The van der Waals surface area contributed by atoms with Gasteiger partial charge >= 0.3 is 0 Å². The minimum absolute atomic E-state index is 0.224. The minimum atomic E-state index is -0.594. The second-order valence-corrected chi connectivity index (χ2v) is 3.72. The lowest BCUT2D eigenvalue weighted by Gasteiger charge is -2.22. The van der Waals surface area contributed by atoms with Crippen LogP contribution in [0, 0.1) is 10.1 Å². The normalized spacial score (nSPS) is 22.1. The Hall–Kier alpha value is -0.680. The van der Waals surface area contributed by atoms with Crippen LogP contribution in [0.5, 0.6) is 0 Å². The molecule has 82 valence electrons. The summed E-state index contributed by atoms with van der Waals surface area (Å²) in [4.78, 5) is 10.3. The Labute approximate surface area is 83.5 Å². The molecule has 0 bridgehead atoms. The zero-order valence-electron chi connectivity index (χ0n) is 8.69. The van der Waals surface area contributed by atoms with Gasteiger partial charge in [0.25, 0.3) is 0 Å². The fourth-order valence-electron chi connectivity index (χ4n) is 1.59. The first-order chi connectivity index (χ1) is 6.57. The van der Waals surface area contributed by atoms with Crippen molar-refractivity contribution in [3.63, 3.8) is 0 Å². The van der Waals surface area contributed by atoms with E-state index in [4.69, 9.17) is 9.47 Å². The largest absolute Gasteiger partial charge is 0.348 e. The molecule has 1 aliphatic heterocycles. The highest BCUT2D eigenvalue weighted by Crippen LogP contribution is 2.25. The lowest BCUT2D eigenvalue weighted by Crippen LogP contribution is -2.29. The molecule has 0 aromatic rings. The molecule has 0 aromatic heterocycles. The van der Waals surface area contributed by atoms with Crippen LogP contribution in [0.2, 0.25) is 0 Å². The lowest BCUT2D eigenvalue weighted by atomic mass is 10.1. The van der Waals surface area contributed by atoms with Gasteiger partial charge < -0.3 is 9.47 Å². The van der Waals surface area contributed by atoms with Crippen LogP contribution in [0.4, 0.5) is 0 Å². The van der Waals surface area contributed by atoms with Crippen LogP contribution in [-0.2, 0) is 9.47 Å². The third kappa shape index (κ3) is 2.92. The molecule has 0 radical (unpaired) electrons. The summed E-state index contributed by atoms with van der Waals surface area (Å²) in [6, 6.07) is -0.473. The highest BCUT2D eigenvalue weighted by atomic mass is 16.7. The first kappa shape index (κ1) is 11.4. The molecule has 0 spiro atoms. The summed E-state index contributed by atoms with van der Waals surface area (Å²) in [5.41, 5.74) is 0. The zero-order valence-corrected chi connectivity index (χ0v) is 8.69. The van der Waals surface area contributed by atoms with E-state index in [0.29, 0.717) is 32.5 Å². The summed E-state index contributed by atoms with van der Waals surface area (Å²) in [6.07, 6.45) is 1.66. The van der Waals surface area contributed by atoms with E-state index in [-0.39, 0.29) is 4.92 Å². The predicted molar refractivity (Wildman–Crippen MR) is 50.6 cm³/mol. The van der Waals surface area contributed by atoms with Crippen molar-refractivity contribution in [3.8, 4) is 0 Å². The summed E-state index contributed by atoms with van der Waals surface area (Å²) in [7, 11) is 0. The van der Waals surface area contributed by atoms with Gasteiger partial charge in [-0.25, -0.2) is 0 Å². The maximum Gasteiger partial charge on any atom is 0.213 e. The molecule has 1 fully saturated rings. The summed E-state index contributed by atoms with van der Waals surface area (Å²) in [6.45, 7) is 4.84. The maximum absolute atomic E-state index is 10.6. The fourth-order valence-corrected chi connectivity index (χ4v) is 1.59. The van der Waals surface area contributed by atoms with Gasteiger partial charge in [-0.1, -0.05) is 6.92 Å². The van der Waals surface area contributed by atoms with Crippen molar-refractivity contribution in [2.75, 3.05) is 13.2 Å². The molecule has 1 aliphatic rings. The van der Waals surface area contributed by atoms with Gasteiger partial charge in [-0.2, -0.15) is 0 Å². The Kier molecular flexibility index (Phi) is 3.83. The molecule has 1 atom stereocenters. The van der Waals surface area contributed by atoms with Crippen LogP contribution >= 0.6 is 0 Å². The molecular formula is C9H17NO4. The molecule has 1 rings (SSSR count). The predicted octanol–water partition coefficient (Wildman–Crippen LogP) is 1.58. The number of ether oxygens (including phenoxy) is 2. The molecule has 1 heterocycles. The number of hydrogen-bond acceptors (Lipinski definition) is 4. The standard InChI is InChI=1S/C9H17NO4/c1-3-8(10(11)12)4-5-9(2)13-6-7-14-9/h8H,3-7H2,1-2H3. The molecular weight excluding hydrogens is 186 g/mol. The van der Waals surface area contributed by atoms with Crippen LogP contribution in [-0.4, -0.2) is 30.0 Å². The first-order valence-corrected chi connectivity index (χ1v) is 4.99. The monoisotopic (exact) mass is 203 g/mol. The van der Waals surface area contributed by atoms with E-state index in [1.807, 2.05) is 13.8 Å². The van der Waals surface area contributed by atoms with E-state index in [2.05, 4.69) is 0 Å². The van der Waals surface area contributed by atoms with Crippen molar-refractivity contribution in [2.45, 2.75) is 44.9 Å². The molecule has 1 unspecified atom stereocenters. The Morgan fingerprint density at radius 3 is 2.50 bits per heavy atom. The average molecular weight is 203 g/mol. The van der Waals surface area contributed by atoms with Gasteiger partial charge in [0.1, 0.15) is 0 Å². The number of nitrogens with zero attached hydrogens (tertiary/aromatic N) is 1. The van der Waals surface area contributed by atoms with Crippen molar-refractivity contribution in [3.05, 3.63) is 10.1 Å².